The third kappa shape index (κ3) is 4.15. The minimum atomic E-state index is -0.0993. The van der Waals surface area contributed by atoms with Crippen molar-refractivity contribution in [1.29, 1.82) is 0 Å². The number of hydrogen-bond acceptors (Lipinski definition) is 4. The van der Waals surface area contributed by atoms with Crippen molar-refractivity contribution in [3.63, 3.8) is 0 Å². The molecule has 0 radical (unpaired) electrons. The summed E-state index contributed by atoms with van der Waals surface area (Å²) in [6.45, 7) is 0.741. The molecule has 6 heteroatoms. The Morgan fingerprint density at radius 2 is 1.92 bits per heavy atom. The molecule has 0 fully saturated rings. The number of ether oxygens (including phenoxy) is 1. The first-order valence-corrected chi connectivity index (χ1v) is 8.70. The predicted octanol–water partition coefficient (Wildman–Crippen LogP) is 3.55. The second-order valence-electron chi connectivity index (χ2n) is 5.90. The van der Waals surface area contributed by atoms with Crippen LogP contribution in [-0.2, 0) is 6.54 Å². The highest BCUT2D eigenvalue weighted by molar-refractivity contribution is 7.95. The third-order valence-electron chi connectivity index (χ3n) is 3.87. The number of fused-ring (bicyclic) bond motifs is 1. The molecule has 25 heavy (non-hydrogen) atoms. The number of aromatic nitrogens is 1. The Kier molecular flexibility index (Phi) is 5.31. The molecule has 1 N–H and O–H groups in total. The molecule has 0 saturated carbocycles. The van der Waals surface area contributed by atoms with E-state index in [1.165, 1.54) is 17.7 Å². The average molecular weight is 355 g/mol. The number of hydrogen-bond donors (Lipinski definition) is 1. The van der Waals surface area contributed by atoms with Crippen LogP contribution in [0.1, 0.15) is 15.9 Å². The SMILES string of the molecule is COc1ccc(Cn2ccc3ccc(C(=O)NSN(C)C)cc32)cc1. The van der Waals surface area contributed by atoms with E-state index in [0.29, 0.717) is 5.56 Å². The van der Waals surface area contributed by atoms with Gasteiger partial charge in [0.2, 0.25) is 0 Å². The molecule has 3 aromatic rings. The summed E-state index contributed by atoms with van der Waals surface area (Å²) >= 11 is 1.27. The van der Waals surface area contributed by atoms with Crippen molar-refractivity contribution >= 4 is 28.9 Å². The van der Waals surface area contributed by atoms with Crippen molar-refractivity contribution in [3.05, 3.63) is 65.9 Å². The maximum absolute atomic E-state index is 12.3. The lowest BCUT2D eigenvalue weighted by atomic mass is 10.1. The van der Waals surface area contributed by atoms with Gasteiger partial charge in [-0.15, -0.1) is 0 Å². The summed E-state index contributed by atoms with van der Waals surface area (Å²) in [5, 5.41) is 1.12. The number of rotatable bonds is 6. The molecule has 0 aliphatic heterocycles. The van der Waals surface area contributed by atoms with E-state index < -0.39 is 0 Å². The number of carbonyl (C=O) groups excluding carboxylic acids is 1. The lowest BCUT2D eigenvalue weighted by molar-refractivity contribution is 0.0983. The maximum atomic E-state index is 12.3. The Labute approximate surface area is 151 Å². The van der Waals surface area contributed by atoms with Gasteiger partial charge < -0.3 is 9.30 Å². The molecule has 0 aliphatic carbocycles. The highest BCUT2D eigenvalue weighted by Gasteiger charge is 2.09. The Morgan fingerprint density at radius 1 is 1.16 bits per heavy atom. The van der Waals surface area contributed by atoms with Crippen LogP contribution in [0, 0.1) is 0 Å². The van der Waals surface area contributed by atoms with E-state index in [-0.39, 0.29) is 5.91 Å². The molecule has 0 saturated heterocycles. The Morgan fingerprint density at radius 3 is 2.60 bits per heavy atom. The van der Waals surface area contributed by atoms with E-state index in [4.69, 9.17) is 4.74 Å². The highest BCUT2D eigenvalue weighted by atomic mass is 32.2. The molecule has 1 amide bonds. The molecule has 0 bridgehead atoms. The molecule has 130 valence electrons. The Hall–Kier alpha value is -2.44. The predicted molar refractivity (Wildman–Crippen MR) is 103 cm³/mol. The summed E-state index contributed by atoms with van der Waals surface area (Å²) in [7, 11) is 5.43. The van der Waals surface area contributed by atoms with Crippen LogP contribution in [0.2, 0.25) is 0 Å². The van der Waals surface area contributed by atoms with Crippen LogP contribution in [0.15, 0.2) is 54.7 Å². The van der Waals surface area contributed by atoms with E-state index in [2.05, 4.69) is 27.5 Å². The van der Waals surface area contributed by atoms with Gasteiger partial charge in [0.1, 0.15) is 5.75 Å². The minimum Gasteiger partial charge on any atom is -0.497 e. The number of nitrogens with one attached hydrogen (secondary N) is 1. The van der Waals surface area contributed by atoms with Crippen LogP contribution >= 0.6 is 12.1 Å². The largest absolute Gasteiger partial charge is 0.497 e. The van der Waals surface area contributed by atoms with Crippen molar-refractivity contribution in [3.8, 4) is 5.75 Å². The molecule has 1 aromatic heterocycles. The molecule has 0 unspecified atom stereocenters. The third-order valence-corrected chi connectivity index (χ3v) is 4.51. The van der Waals surface area contributed by atoms with Crippen LogP contribution in [-0.4, -0.2) is 36.0 Å². The fourth-order valence-corrected chi connectivity index (χ4v) is 2.97. The molecule has 3 rings (SSSR count). The van der Waals surface area contributed by atoms with Crippen molar-refractivity contribution in [2.75, 3.05) is 21.2 Å². The summed E-state index contributed by atoms with van der Waals surface area (Å²) in [6, 6.07) is 15.8. The number of benzene rings is 2. The fraction of sp³-hybridized carbons (Fsp3) is 0.211. The lowest BCUT2D eigenvalue weighted by Gasteiger charge is -2.10. The number of nitrogens with zero attached hydrogens (tertiary/aromatic N) is 2. The summed E-state index contributed by atoms with van der Waals surface area (Å²) in [4.78, 5) is 12.3. The van der Waals surface area contributed by atoms with Crippen molar-refractivity contribution in [1.82, 2.24) is 13.6 Å². The topological polar surface area (TPSA) is 46.5 Å². The van der Waals surface area contributed by atoms with Crippen molar-refractivity contribution in [2.24, 2.45) is 0 Å². The molecule has 0 atom stereocenters. The molecule has 0 spiro atoms. The first-order chi connectivity index (χ1) is 12.1. The van der Waals surface area contributed by atoms with Crippen molar-refractivity contribution < 1.29 is 9.53 Å². The Bertz CT molecular complexity index is 872. The van der Waals surface area contributed by atoms with Gasteiger partial charge in [0.25, 0.3) is 5.91 Å². The van der Waals surface area contributed by atoms with Gasteiger partial charge in [0, 0.05) is 36.0 Å². The standard InChI is InChI=1S/C19H21N3O2S/c1-21(2)25-20-19(23)16-7-6-15-10-11-22(18(15)12-16)13-14-4-8-17(24-3)9-5-14/h4-12H,13H2,1-3H3,(H,20,23). The van der Waals surface area contributed by atoms with Crippen LogP contribution in [0.5, 0.6) is 5.75 Å². The summed E-state index contributed by atoms with van der Waals surface area (Å²) in [6.07, 6.45) is 2.05. The van der Waals surface area contributed by atoms with Crippen LogP contribution in [0.25, 0.3) is 10.9 Å². The minimum absolute atomic E-state index is 0.0993. The van der Waals surface area contributed by atoms with Crippen molar-refractivity contribution in [2.45, 2.75) is 6.54 Å². The van der Waals surface area contributed by atoms with Gasteiger partial charge in [-0.2, -0.15) is 0 Å². The van der Waals surface area contributed by atoms with Gasteiger partial charge >= 0.3 is 0 Å². The zero-order valence-electron chi connectivity index (χ0n) is 14.5. The zero-order chi connectivity index (χ0) is 17.8. The lowest BCUT2D eigenvalue weighted by Crippen LogP contribution is -2.20. The smallest absolute Gasteiger partial charge is 0.262 e. The maximum Gasteiger partial charge on any atom is 0.262 e. The molecule has 1 heterocycles. The molecule has 0 aliphatic rings. The fourth-order valence-electron chi connectivity index (χ4n) is 2.58. The van der Waals surface area contributed by atoms with Gasteiger partial charge in [0.05, 0.1) is 7.11 Å². The van der Waals surface area contributed by atoms with E-state index in [1.807, 2.05) is 54.9 Å². The summed E-state index contributed by atoms with van der Waals surface area (Å²) in [5.41, 5.74) is 2.87. The monoisotopic (exact) mass is 355 g/mol. The van der Waals surface area contributed by atoms with Crippen LogP contribution in [0.4, 0.5) is 0 Å². The van der Waals surface area contributed by atoms with Crippen LogP contribution in [0.3, 0.4) is 0 Å². The number of amides is 1. The number of methoxy groups -OCH3 is 1. The molecular weight excluding hydrogens is 334 g/mol. The highest BCUT2D eigenvalue weighted by Crippen LogP contribution is 2.20. The normalized spacial score (nSPS) is 11.0. The van der Waals surface area contributed by atoms with Gasteiger partial charge in [-0.25, -0.2) is 4.31 Å². The summed E-state index contributed by atoms with van der Waals surface area (Å²) < 4.78 is 12.0. The second-order valence-corrected chi connectivity index (χ2v) is 7.02. The second kappa shape index (κ2) is 7.63. The Balaban J connectivity index is 1.83. The first kappa shape index (κ1) is 17.4. The van der Waals surface area contributed by atoms with E-state index in [1.54, 1.807) is 7.11 Å². The molecular formula is C19H21N3O2S. The van der Waals surface area contributed by atoms with E-state index in [9.17, 15) is 4.79 Å². The van der Waals surface area contributed by atoms with E-state index >= 15 is 0 Å². The van der Waals surface area contributed by atoms with Gasteiger partial charge in [-0.1, -0.05) is 18.2 Å². The average Bonchev–Trinajstić information content (AvgIpc) is 3.02. The van der Waals surface area contributed by atoms with Gasteiger partial charge in [0.15, 0.2) is 0 Å². The molecule has 2 aromatic carbocycles. The van der Waals surface area contributed by atoms with E-state index in [0.717, 1.165) is 23.2 Å². The quantitative estimate of drug-likeness (QED) is 0.687. The van der Waals surface area contributed by atoms with Gasteiger partial charge in [-0.05, 0) is 55.4 Å². The number of carbonyl (C=O) groups is 1. The van der Waals surface area contributed by atoms with Gasteiger partial charge in [-0.3, -0.25) is 9.52 Å². The zero-order valence-corrected chi connectivity index (χ0v) is 15.3. The van der Waals surface area contributed by atoms with Crippen LogP contribution < -0.4 is 9.46 Å². The first-order valence-electron chi connectivity index (χ1n) is 7.93. The summed E-state index contributed by atoms with van der Waals surface area (Å²) in [5.74, 6) is 0.747. The molecule has 5 nitrogen and oxygen atoms in total.